The van der Waals surface area contributed by atoms with Crippen molar-refractivity contribution in [3.05, 3.63) is 0 Å². The molecule has 0 spiro atoms. The maximum absolute atomic E-state index is 5.75. The van der Waals surface area contributed by atoms with Gasteiger partial charge in [-0.1, -0.05) is 14.9 Å². The Labute approximate surface area is 97.0 Å². The van der Waals surface area contributed by atoms with E-state index in [0.717, 1.165) is 0 Å². The van der Waals surface area contributed by atoms with Crippen molar-refractivity contribution in [2.24, 2.45) is 0 Å². The summed E-state index contributed by atoms with van der Waals surface area (Å²) in [7, 11) is 1.93. The molecule has 0 radical (unpaired) electrons. The van der Waals surface area contributed by atoms with Crippen molar-refractivity contribution in [3.8, 4) is 0 Å². The molecule has 0 aromatic rings. The molecular weight excluding hydrogens is 279 g/mol. The van der Waals surface area contributed by atoms with Gasteiger partial charge in [-0.15, -0.1) is 0 Å². The van der Waals surface area contributed by atoms with Crippen molar-refractivity contribution < 1.29 is 3.07 Å². The molecule has 1 nitrogen and oxygen atoms in total. The van der Waals surface area contributed by atoms with Crippen LogP contribution in [-0.2, 0) is 3.07 Å². The van der Waals surface area contributed by atoms with Gasteiger partial charge in [0.05, 0.1) is 0 Å². The first-order chi connectivity index (χ1) is 5.68. The van der Waals surface area contributed by atoms with Crippen molar-refractivity contribution in [1.29, 1.82) is 0 Å². The molecule has 0 aliphatic heterocycles. The molecule has 0 rings (SSSR count). The van der Waals surface area contributed by atoms with E-state index in [0.29, 0.717) is 0 Å². The van der Waals surface area contributed by atoms with Crippen molar-refractivity contribution in [1.82, 2.24) is 0 Å². The quantitative estimate of drug-likeness (QED) is 0.596. The first kappa shape index (κ1) is 20.2. The zero-order valence-electron chi connectivity index (χ0n) is 9.15. The van der Waals surface area contributed by atoms with Crippen molar-refractivity contribution in [3.63, 3.8) is 0 Å². The molecule has 0 N–H and O–H groups in total. The fourth-order valence-electron chi connectivity index (χ4n) is 1.43. The van der Waals surface area contributed by atoms with E-state index in [1.54, 1.807) is 0 Å². The molecule has 0 aromatic carbocycles. The molecule has 0 atom stereocenters. The Balaban J connectivity index is -0.000000605. The van der Waals surface area contributed by atoms with Crippen molar-refractivity contribution >= 4 is 18.8 Å². The number of rotatable bonds is 7. The van der Waals surface area contributed by atoms with Crippen LogP contribution in [0, 0.1) is 0 Å². The average molecular weight is 311 g/mol. The Morgan fingerprint density at radius 3 is 1.50 bits per heavy atom. The number of hydrogen-bond acceptors (Lipinski definition) is 1. The van der Waals surface area contributed by atoms with E-state index in [-0.39, 0.29) is 14.9 Å². The van der Waals surface area contributed by atoms with Crippen molar-refractivity contribution in [2.75, 3.05) is 7.11 Å². The van der Waals surface area contributed by atoms with Crippen LogP contribution in [0.25, 0.3) is 0 Å². The molecule has 0 heterocycles. The summed E-state index contributed by atoms with van der Waals surface area (Å²) in [4.78, 5) is 2.44. The summed E-state index contributed by atoms with van der Waals surface area (Å²) in [5, 5.41) is 0. The first-order valence-corrected chi connectivity index (χ1v) is 13.3. The van der Waals surface area contributed by atoms with Gasteiger partial charge in [-0.3, -0.25) is 0 Å². The van der Waals surface area contributed by atoms with Crippen LogP contribution in [0.4, 0.5) is 0 Å². The molecule has 0 bridgehead atoms. The zero-order chi connectivity index (χ0) is 9.45. The van der Waals surface area contributed by atoms with E-state index >= 15 is 0 Å². The van der Waals surface area contributed by atoms with Gasteiger partial charge in [-0.25, -0.2) is 0 Å². The van der Waals surface area contributed by atoms with Gasteiger partial charge in [0.25, 0.3) is 0 Å². The van der Waals surface area contributed by atoms with E-state index in [1.165, 1.54) is 34.6 Å². The molecule has 0 unspecified atom stereocenters. The molecule has 0 aliphatic rings. The number of unbranched alkanes of at least 4 members (excludes halogenated alkanes) is 2. The summed E-state index contributed by atoms with van der Waals surface area (Å²) in [6.45, 7) is 4.53. The molecule has 2 heteroatoms. The predicted molar refractivity (Wildman–Crippen MR) is 71.5 cm³/mol. The van der Waals surface area contributed by atoms with Crippen LogP contribution in [0.5, 0.6) is 0 Å². The van der Waals surface area contributed by atoms with Gasteiger partial charge in [0.1, 0.15) is 0 Å². The van der Waals surface area contributed by atoms with Gasteiger partial charge < -0.3 is 0 Å². The zero-order valence-corrected chi connectivity index (χ0v) is 12.0. The van der Waals surface area contributed by atoms with Gasteiger partial charge in [-0.05, 0) is 0 Å². The Hall–Kier alpha value is 0.759. The minimum atomic E-state index is -1.99. The molecule has 14 heavy (non-hydrogen) atoms. The third kappa shape index (κ3) is 9.32. The average Bonchev–Trinajstić information content (AvgIpc) is 2.11. The van der Waals surface area contributed by atoms with Gasteiger partial charge >= 0.3 is 82.3 Å². The Morgan fingerprint density at radius 2 is 1.29 bits per heavy atom. The predicted octanol–water partition coefficient (Wildman–Crippen LogP) is 5.08. The van der Waals surface area contributed by atoms with E-state index < -0.39 is 18.8 Å². The maximum atomic E-state index is 5.75. The molecule has 0 aromatic heterocycles. The van der Waals surface area contributed by atoms with Crippen LogP contribution in [0.2, 0.25) is 13.8 Å². The Kier molecular flexibility index (Phi) is 17.1. The summed E-state index contributed by atoms with van der Waals surface area (Å²) in [6, 6.07) is 0. The van der Waals surface area contributed by atoms with E-state index in [2.05, 4.69) is 18.8 Å². The standard InChI is InChI=1S/2C4H9.CH3O.2CH4.CH3.Sn/c2*1-3-4-2;1-2;;;;/h2*1,3-4H2,2H3;1H3;2*1H4;1H3;/q;;-1;;;;+1. The normalized spacial score (nSPS) is 10.3. The second-order valence-electron chi connectivity index (χ2n) is 3.86. The Bertz CT molecular complexity index is 96.5. The molecule has 0 amide bonds. The fourth-order valence-corrected chi connectivity index (χ4v) is 9.60. The van der Waals surface area contributed by atoms with Gasteiger partial charge in [0, 0.05) is 0 Å². The second-order valence-corrected chi connectivity index (χ2v) is 16.2. The summed E-state index contributed by atoms with van der Waals surface area (Å²) >= 11 is -1.99. The van der Waals surface area contributed by atoms with Crippen LogP contribution < -0.4 is 0 Å². The van der Waals surface area contributed by atoms with Crippen LogP contribution in [0.1, 0.15) is 54.4 Å². The minimum absolute atomic E-state index is 0. The van der Waals surface area contributed by atoms with E-state index in [1.807, 2.05) is 7.11 Å². The van der Waals surface area contributed by atoms with Gasteiger partial charge in [0.15, 0.2) is 0 Å². The topological polar surface area (TPSA) is 9.23 Å². The van der Waals surface area contributed by atoms with E-state index in [4.69, 9.17) is 3.07 Å². The summed E-state index contributed by atoms with van der Waals surface area (Å²) < 4.78 is 8.59. The first-order valence-electron chi connectivity index (χ1n) is 5.23. The van der Waals surface area contributed by atoms with Crippen LogP contribution in [0.3, 0.4) is 0 Å². The second kappa shape index (κ2) is 11.8. The molecule has 0 saturated carbocycles. The van der Waals surface area contributed by atoms with Crippen molar-refractivity contribution in [2.45, 2.75) is 68.2 Å². The summed E-state index contributed by atoms with van der Waals surface area (Å²) in [5.74, 6) is 0. The molecule has 0 fully saturated rings. The third-order valence-corrected chi connectivity index (χ3v) is 13.5. The summed E-state index contributed by atoms with van der Waals surface area (Å²) in [6.07, 6.45) is 5.40. The fraction of sp³-hybridized carbons (Fsp3) is 1.00. The van der Waals surface area contributed by atoms with E-state index in [9.17, 15) is 0 Å². The summed E-state index contributed by atoms with van der Waals surface area (Å²) in [5.41, 5.74) is 0. The van der Waals surface area contributed by atoms with Crippen LogP contribution in [0.15, 0.2) is 0 Å². The van der Waals surface area contributed by atoms with Gasteiger partial charge in [-0.2, -0.15) is 0 Å². The molecule has 0 saturated heterocycles. The molecule has 0 aliphatic carbocycles. The molecular formula is C12H32OSn. The van der Waals surface area contributed by atoms with Gasteiger partial charge in [0.2, 0.25) is 0 Å². The Morgan fingerprint density at radius 1 is 0.929 bits per heavy atom. The SMILES string of the molecule is C.C.CCC[CH2][Sn]([CH3])([CH2]CCC)[O]C. The third-order valence-electron chi connectivity index (χ3n) is 2.61. The van der Waals surface area contributed by atoms with Crippen LogP contribution >= 0.6 is 0 Å². The van der Waals surface area contributed by atoms with Crippen LogP contribution in [-0.4, -0.2) is 25.9 Å². The monoisotopic (exact) mass is 312 g/mol. The number of hydrogen-bond donors (Lipinski definition) is 0. The molecule has 90 valence electrons.